The zero-order chi connectivity index (χ0) is 20.4. The van der Waals surface area contributed by atoms with E-state index in [2.05, 4.69) is 45.4 Å². The fourth-order valence-electron chi connectivity index (χ4n) is 4.69. The molecule has 1 aromatic carbocycles. The van der Waals surface area contributed by atoms with Crippen molar-refractivity contribution < 1.29 is 9.59 Å². The Morgan fingerprint density at radius 3 is 2.62 bits per heavy atom. The van der Waals surface area contributed by atoms with Crippen LogP contribution in [-0.4, -0.2) is 45.4 Å². The zero-order valence-corrected chi connectivity index (χ0v) is 17.1. The van der Waals surface area contributed by atoms with Crippen LogP contribution >= 0.6 is 0 Å². The molecule has 1 atom stereocenters. The maximum atomic E-state index is 12.7. The number of para-hydroxylation sites is 1. The summed E-state index contributed by atoms with van der Waals surface area (Å²) in [6.45, 7) is 6.91. The molecule has 1 unspecified atom stereocenters. The number of benzene rings is 1. The van der Waals surface area contributed by atoms with E-state index >= 15 is 0 Å². The van der Waals surface area contributed by atoms with Crippen LogP contribution in [0.3, 0.4) is 0 Å². The minimum Gasteiger partial charge on any atom is -0.323 e. The van der Waals surface area contributed by atoms with Gasteiger partial charge in [0.05, 0.1) is 11.0 Å². The highest BCUT2D eigenvalue weighted by Crippen LogP contribution is 2.36. The lowest BCUT2D eigenvalue weighted by Gasteiger charge is -2.41. The van der Waals surface area contributed by atoms with Crippen molar-refractivity contribution in [2.75, 3.05) is 13.1 Å². The summed E-state index contributed by atoms with van der Waals surface area (Å²) in [5, 5.41) is 5.48. The molecular formula is C22H29N5O2. The van der Waals surface area contributed by atoms with Crippen molar-refractivity contribution in [3.8, 4) is 0 Å². The first-order valence-electron chi connectivity index (χ1n) is 10.5. The van der Waals surface area contributed by atoms with E-state index < -0.39 is 5.54 Å². The predicted octanol–water partition coefficient (Wildman–Crippen LogP) is 2.86. The number of carbonyl (C=O) groups excluding carboxylic acids is 2. The molecule has 2 fully saturated rings. The SMILES string of the molecule is CC(C)CCC1(C2CCN(Cc3cccc4nccnc34)CC2)NC(=O)NC1=O. The number of piperidine rings is 1. The third-order valence-corrected chi connectivity index (χ3v) is 6.35. The van der Waals surface area contributed by atoms with Crippen LogP contribution in [0.4, 0.5) is 4.79 Å². The number of urea groups is 1. The second-order valence-electron chi connectivity index (χ2n) is 8.70. The van der Waals surface area contributed by atoms with Gasteiger partial charge < -0.3 is 5.32 Å². The standard InChI is InChI=1S/C22H29N5O2/c1-15(2)6-9-22(20(28)25-21(29)26-22)17-7-12-27(13-8-17)14-16-4-3-5-18-19(16)24-11-10-23-18/h3-5,10-11,15,17H,6-9,12-14H2,1-2H3,(H2,25,26,28,29). The quantitative estimate of drug-likeness (QED) is 0.735. The number of nitrogens with zero attached hydrogens (tertiary/aromatic N) is 3. The van der Waals surface area contributed by atoms with Crippen LogP contribution in [0.5, 0.6) is 0 Å². The summed E-state index contributed by atoms with van der Waals surface area (Å²) in [6, 6.07) is 5.77. The summed E-state index contributed by atoms with van der Waals surface area (Å²) in [5.74, 6) is 0.506. The Balaban J connectivity index is 1.45. The lowest BCUT2D eigenvalue weighted by molar-refractivity contribution is -0.127. The average molecular weight is 396 g/mol. The normalized spacial score (nSPS) is 23.6. The molecule has 2 aromatic rings. The highest BCUT2D eigenvalue weighted by Gasteiger charge is 2.51. The van der Waals surface area contributed by atoms with Crippen molar-refractivity contribution >= 4 is 23.0 Å². The van der Waals surface area contributed by atoms with Crippen LogP contribution in [-0.2, 0) is 11.3 Å². The molecule has 1 aromatic heterocycles. The van der Waals surface area contributed by atoms with Crippen LogP contribution in [0.2, 0.25) is 0 Å². The smallest absolute Gasteiger partial charge is 0.322 e. The molecule has 7 nitrogen and oxygen atoms in total. The fourth-order valence-corrected chi connectivity index (χ4v) is 4.69. The van der Waals surface area contributed by atoms with E-state index in [0.29, 0.717) is 12.3 Å². The van der Waals surface area contributed by atoms with Crippen molar-refractivity contribution in [3.63, 3.8) is 0 Å². The first kappa shape index (κ1) is 19.8. The van der Waals surface area contributed by atoms with Gasteiger partial charge in [0, 0.05) is 18.9 Å². The Labute approximate surface area is 171 Å². The Morgan fingerprint density at radius 2 is 1.93 bits per heavy atom. The van der Waals surface area contributed by atoms with Gasteiger partial charge >= 0.3 is 6.03 Å². The number of nitrogens with one attached hydrogen (secondary N) is 2. The molecule has 2 aliphatic heterocycles. The molecule has 0 saturated carbocycles. The molecule has 4 rings (SSSR count). The van der Waals surface area contributed by atoms with Crippen LogP contribution < -0.4 is 10.6 Å². The van der Waals surface area contributed by atoms with E-state index in [1.54, 1.807) is 12.4 Å². The number of aromatic nitrogens is 2. The molecule has 0 aliphatic carbocycles. The van der Waals surface area contributed by atoms with Crippen LogP contribution in [0.15, 0.2) is 30.6 Å². The molecule has 7 heteroatoms. The van der Waals surface area contributed by atoms with E-state index in [-0.39, 0.29) is 17.9 Å². The molecule has 0 radical (unpaired) electrons. The second kappa shape index (κ2) is 8.06. The number of hydrogen-bond acceptors (Lipinski definition) is 5. The topological polar surface area (TPSA) is 87.2 Å². The minimum atomic E-state index is -0.752. The molecule has 2 N–H and O–H groups in total. The highest BCUT2D eigenvalue weighted by molar-refractivity contribution is 6.07. The lowest BCUT2D eigenvalue weighted by Crippen LogP contribution is -2.56. The molecule has 0 bridgehead atoms. The summed E-state index contributed by atoms with van der Waals surface area (Å²) >= 11 is 0. The van der Waals surface area contributed by atoms with Gasteiger partial charge in [-0.15, -0.1) is 0 Å². The van der Waals surface area contributed by atoms with Crippen LogP contribution in [0.25, 0.3) is 11.0 Å². The molecular weight excluding hydrogens is 366 g/mol. The second-order valence-corrected chi connectivity index (χ2v) is 8.70. The minimum absolute atomic E-state index is 0.147. The molecule has 29 heavy (non-hydrogen) atoms. The summed E-state index contributed by atoms with van der Waals surface area (Å²) in [7, 11) is 0. The predicted molar refractivity (Wildman–Crippen MR) is 111 cm³/mol. The third kappa shape index (κ3) is 3.96. The van der Waals surface area contributed by atoms with Gasteiger partial charge in [-0.2, -0.15) is 0 Å². The molecule has 0 spiro atoms. The highest BCUT2D eigenvalue weighted by atomic mass is 16.2. The lowest BCUT2D eigenvalue weighted by atomic mass is 9.74. The molecule has 154 valence electrons. The average Bonchev–Trinajstić information content (AvgIpc) is 3.01. The summed E-state index contributed by atoms with van der Waals surface area (Å²) in [5.41, 5.74) is 2.29. The summed E-state index contributed by atoms with van der Waals surface area (Å²) < 4.78 is 0. The van der Waals surface area contributed by atoms with Gasteiger partial charge in [-0.1, -0.05) is 26.0 Å². The number of rotatable bonds is 6. The van der Waals surface area contributed by atoms with Crippen molar-refractivity contribution in [2.24, 2.45) is 11.8 Å². The maximum Gasteiger partial charge on any atom is 0.322 e. The van der Waals surface area contributed by atoms with Crippen molar-refractivity contribution in [3.05, 3.63) is 36.2 Å². The summed E-state index contributed by atoms with van der Waals surface area (Å²) in [4.78, 5) is 35.9. The van der Waals surface area contributed by atoms with Crippen LogP contribution in [0.1, 0.15) is 45.1 Å². The Bertz CT molecular complexity index is 902. The zero-order valence-electron chi connectivity index (χ0n) is 17.1. The molecule has 2 saturated heterocycles. The molecule has 2 aliphatic rings. The first-order valence-corrected chi connectivity index (χ1v) is 10.5. The van der Waals surface area contributed by atoms with E-state index in [9.17, 15) is 9.59 Å². The molecule has 3 heterocycles. The number of carbonyl (C=O) groups is 2. The van der Waals surface area contributed by atoms with Gasteiger partial charge in [0.15, 0.2) is 0 Å². The van der Waals surface area contributed by atoms with Gasteiger partial charge in [-0.3, -0.25) is 25.0 Å². The largest absolute Gasteiger partial charge is 0.323 e. The number of hydrogen-bond donors (Lipinski definition) is 2. The van der Waals surface area contributed by atoms with Gasteiger partial charge in [0.1, 0.15) is 5.54 Å². The van der Waals surface area contributed by atoms with E-state index in [4.69, 9.17) is 0 Å². The Hall–Kier alpha value is -2.54. The van der Waals surface area contributed by atoms with Crippen LogP contribution in [0, 0.1) is 11.8 Å². The van der Waals surface area contributed by atoms with Gasteiger partial charge in [0.25, 0.3) is 5.91 Å². The maximum absolute atomic E-state index is 12.7. The van der Waals surface area contributed by atoms with E-state index in [1.807, 2.05) is 12.1 Å². The van der Waals surface area contributed by atoms with Gasteiger partial charge in [0.2, 0.25) is 0 Å². The molecule has 3 amide bonds. The van der Waals surface area contributed by atoms with Gasteiger partial charge in [-0.05, 0) is 62.2 Å². The van der Waals surface area contributed by atoms with E-state index in [1.165, 1.54) is 5.56 Å². The fraction of sp³-hybridized carbons (Fsp3) is 0.545. The monoisotopic (exact) mass is 395 g/mol. The van der Waals surface area contributed by atoms with Crippen molar-refractivity contribution in [1.82, 2.24) is 25.5 Å². The number of fused-ring (bicyclic) bond motifs is 1. The third-order valence-electron chi connectivity index (χ3n) is 6.35. The Kier molecular flexibility index (Phi) is 5.50. The number of likely N-dealkylation sites (tertiary alicyclic amines) is 1. The summed E-state index contributed by atoms with van der Waals surface area (Å²) in [6.07, 6.45) is 6.85. The van der Waals surface area contributed by atoms with Crippen molar-refractivity contribution in [1.29, 1.82) is 0 Å². The number of imide groups is 1. The van der Waals surface area contributed by atoms with E-state index in [0.717, 1.165) is 49.9 Å². The number of amides is 3. The van der Waals surface area contributed by atoms with Crippen molar-refractivity contribution in [2.45, 2.75) is 51.6 Å². The van der Waals surface area contributed by atoms with Gasteiger partial charge in [-0.25, -0.2) is 4.79 Å². The Morgan fingerprint density at radius 1 is 1.17 bits per heavy atom. The first-order chi connectivity index (χ1) is 14.0.